The van der Waals surface area contributed by atoms with Gasteiger partial charge in [-0.1, -0.05) is 19.1 Å². The minimum atomic E-state index is -1.01. The monoisotopic (exact) mass is 242 g/mol. The molecule has 1 aromatic rings. The Morgan fingerprint density at radius 2 is 1.59 bits per heavy atom. The number of halogens is 2. The second kappa shape index (κ2) is 6.89. The highest BCUT2D eigenvalue weighted by atomic mass is 19.2. The van der Waals surface area contributed by atoms with Crippen LogP contribution in [0.25, 0.3) is 0 Å². The molecule has 0 aliphatic rings. The molecule has 4 heteroatoms. The lowest BCUT2D eigenvalue weighted by molar-refractivity contribution is 0.298. The van der Waals surface area contributed by atoms with E-state index in [0.29, 0.717) is 0 Å². The van der Waals surface area contributed by atoms with Crippen molar-refractivity contribution < 1.29 is 18.3 Å². The highest BCUT2D eigenvalue weighted by molar-refractivity contribution is 5.35. The lowest BCUT2D eigenvalue weighted by Crippen LogP contribution is -2.01. The number of benzene rings is 1. The van der Waals surface area contributed by atoms with E-state index in [0.717, 1.165) is 6.42 Å². The summed E-state index contributed by atoms with van der Waals surface area (Å²) >= 11 is 0. The van der Waals surface area contributed by atoms with Crippen LogP contribution in [0.1, 0.15) is 20.3 Å². The van der Waals surface area contributed by atoms with Crippen molar-refractivity contribution in [2.24, 2.45) is 0 Å². The third-order valence-electron chi connectivity index (χ3n) is 2.05. The Balaban J connectivity index is 2.74. The molecule has 0 unspecified atom stereocenters. The van der Waals surface area contributed by atoms with Crippen molar-refractivity contribution in [3.8, 4) is 11.5 Å². The summed E-state index contributed by atoms with van der Waals surface area (Å²) in [6.45, 7) is 4.19. The van der Waals surface area contributed by atoms with Gasteiger partial charge in [-0.15, -0.1) is 0 Å². The van der Waals surface area contributed by atoms with Crippen LogP contribution in [0.4, 0.5) is 8.78 Å². The molecule has 0 aliphatic heterocycles. The van der Waals surface area contributed by atoms with Crippen LogP contribution in [0.5, 0.6) is 11.5 Å². The van der Waals surface area contributed by atoms with Gasteiger partial charge in [-0.05, 0) is 25.5 Å². The highest BCUT2D eigenvalue weighted by Crippen LogP contribution is 2.27. The Bertz CT molecular complexity index is 389. The van der Waals surface area contributed by atoms with E-state index >= 15 is 0 Å². The molecule has 0 atom stereocenters. The fourth-order valence-electron chi connectivity index (χ4n) is 1.27. The molecule has 1 rings (SSSR count). The molecule has 0 heterocycles. The largest absolute Gasteiger partial charge is 0.491 e. The van der Waals surface area contributed by atoms with Crippen LogP contribution in [0.2, 0.25) is 0 Å². The first kappa shape index (κ1) is 13.5. The highest BCUT2D eigenvalue weighted by Gasteiger charge is 2.14. The van der Waals surface area contributed by atoms with Gasteiger partial charge in [0.15, 0.2) is 11.5 Å². The maximum Gasteiger partial charge on any atom is 0.204 e. The molecule has 0 bridgehead atoms. The van der Waals surface area contributed by atoms with Crippen LogP contribution in [0, 0.1) is 11.6 Å². The molecule has 2 nitrogen and oxygen atoms in total. The number of hydrogen-bond acceptors (Lipinski definition) is 2. The maximum atomic E-state index is 13.5. The average Bonchev–Trinajstić information content (AvgIpc) is 2.33. The van der Waals surface area contributed by atoms with E-state index in [1.807, 2.05) is 13.0 Å². The maximum absolute atomic E-state index is 13.5. The van der Waals surface area contributed by atoms with Crippen molar-refractivity contribution in [3.63, 3.8) is 0 Å². The number of rotatable bonds is 6. The second-order valence-electron chi connectivity index (χ2n) is 3.31. The lowest BCUT2D eigenvalue weighted by atomic mass is 10.3. The minimum Gasteiger partial charge on any atom is -0.491 e. The fourth-order valence-corrected chi connectivity index (χ4v) is 1.27. The van der Waals surface area contributed by atoms with E-state index in [2.05, 4.69) is 0 Å². The molecule has 0 spiro atoms. The molecule has 0 amide bonds. The molecule has 0 fully saturated rings. The van der Waals surface area contributed by atoms with Gasteiger partial charge in [-0.3, -0.25) is 0 Å². The lowest BCUT2D eigenvalue weighted by Gasteiger charge is -2.09. The Hall–Kier alpha value is -1.58. The molecular formula is C13H16F2O2. The molecule has 0 radical (unpaired) electrons. The van der Waals surface area contributed by atoms with Gasteiger partial charge in [0, 0.05) is 0 Å². The van der Waals surface area contributed by atoms with E-state index in [1.54, 1.807) is 13.0 Å². The molecule has 0 aliphatic carbocycles. The first-order chi connectivity index (χ1) is 8.20. The SMILES string of the molecule is CC/C=C/COc1ccc(OCC)c(F)c1F. The summed E-state index contributed by atoms with van der Waals surface area (Å²) in [6, 6.07) is 2.73. The molecule has 17 heavy (non-hydrogen) atoms. The molecule has 1 aromatic carbocycles. The van der Waals surface area contributed by atoms with Gasteiger partial charge in [0.2, 0.25) is 11.6 Å². The number of ether oxygens (including phenoxy) is 2. The average molecular weight is 242 g/mol. The van der Waals surface area contributed by atoms with Crippen molar-refractivity contribution in [1.82, 2.24) is 0 Å². The standard InChI is InChI=1S/C13H16F2O2/c1-3-5-6-9-17-11-8-7-10(16-4-2)12(14)13(11)15/h5-8H,3-4,9H2,1-2H3/b6-5+. The van der Waals surface area contributed by atoms with Crippen molar-refractivity contribution in [3.05, 3.63) is 35.9 Å². The summed E-state index contributed by atoms with van der Waals surface area (Å²) in [5, 5.41) is 0. The zero-order valence-electron chi connectivity index (χ0n) is 10.0. The van der Waals surface area contributed by atoms with Crippen LogP contribution in [-0.4, -0.2) is 13.2 Å². The predicted molar refractivity (Wildman–Crippen MR) is 62.5 cm³/mol. The van der Waals surface area contributed by atoms with Crippen LogP contribution in [-0.2, 0) is 0 Å². The molecular weight excluding hydrogens is 226 g/mol. The van der Waals surface area contributed by atoms with E-state index < -0.39 is 11.6 Å². The van der Waals surface area contributed by atoms with Gasteiger partial charge >= 0.3 is 0 Å². The topological polar surface area (TPSA) is 18.5 Å². The van der Waals surface area contributed by atoms with E-state index in [-0.39, 0.29) is 24.7 Å². The van der Waals surface area contributed by atoms with Gasteiger partial charge in [0.1, 0.15) is 6.61 Å². The Kier molecular flexibility index (Phi) is 5.46. The molecule has 0 aromatic heterocycles. The molecule has 0 saturated carbocycles. The van der Waals surface area contributed by atoms with Crippen LogP contribution < -0.4 is 9.47 Å². The van der Waals surface area contributed by atoms with Crippen LogP contribution in [0.15, 0.2) is 24.3 Å². The summed E-state index contributed by atoms with van der Waals surface area (Å²) in [7, 11) is 0. The summed E-state index contributed by atoms with van der Waals surface area (Å²) in [6.07, 6.45) is 4.53. The zero-order chi connectivity index (χ0) is 12.7. The molecule has 0 saturated heterocycles. The van der Waals surface area contributed by atoms with Gasteiger partial charge < -0.3 is 9.47 Å². The smallest absolute Gasteiger partial charge is 0.204 e. The molecule has 0 N–H and O–H groups in total. The van der Waals surface area contributed by atoms with Gasteiger partial charge in [-0.25, -0.2) is 0 Å². The Morgan fingerprint density at radius 3 is 2.12 bits per heavy atom. The van der Waals surface area contributed by atoms with E-state index in [9.17, 15) is 8.78 Å². The van der Waals surface area contributed by atoms with Crippen molar-refractivity contribution in [2.45, 2.75) is 20.3 Å². The first-order valence-corrected chi connectivity index (χ1v) is 5.59. The van der Waals surface area contributed by atoms with Gasteiger partial charge in [-0.2, -0.15) is 8.78 Å². The van der Waals surface area contributed by atoms with E-state index in [4.69, 9.17) is 9.47 Å². The van der Waals surface area contributed by atoms with Crippen LogP contribution >= 0.6 is 0 Å². The van der Waals surface area contributed by atoms with Crippen LogP contribution in [0.3, 0.4) is 0 Å². The fraction of sp³-hybridized carbons (Fsp3) is 0.385. The second-order valence-corrected chi connectivity index (χ2v) is 3.31. The minimum absolute atomic E-state index is 0.0959. The van der Waals surface area contributed by atoms with E-state index in [1.165, 1.54) is 12.1 Å². The zero-order valence-corrected chi connectivity index (χ0v) is 10.0. The number of hydrogen-bond donors (Lipinski definition) is 0. The van der Waals surface area contributed by atoms with Gasteiger partial charge in [0.25, 0.3) is 0 Å². The van der Waals surface area contributed by atoms with Crippen molar-refractivity contribution in [1.29, 1.82) is 0 Å². The number of allylic oxidation sites excluding steroid dienone is 1. The normalized spacial score (nSPS) is 10.8. The predicted octanol–water partition coefficient (Wildman–Crippen LogP) is 3.71. The third kappa shape index (κ3) is 3.73. The summed E-state index contributed by atoms with van der Waals surface area (Å²) in [5.74, 6) is -2.22. The summed E-state index contributed by atoms with van der Waals surface area (Å²) in [4.78, 5) is 0. The molecule has 94 valence electrons. The quantitative estimate of drug-likeness (QED) is 0.708. The Morgan fingerprint density at radius 1 is 1.00 bits per heavy atom. The third-order valence-corrected chi connectivity index (χ3v) is 2.05. The van der Waals surface area contributed by atoms with Crippen molar-refractivity contribution in [2.75, 3.05) is 13.2 Å². The Labute approximate surface area is 99.9 Å². The summed E-state index contributed by atoms with van der Waals surface area (Å²) in [5.41, 5.74) is 0. The van der Waals surface area contributed by atoms with Crippen molar-refractivity contribution >= 4 is 0 Å². The summed E-state index contributed by atoms with van der Waals surface area (Å²) < 4.78 is 36.9. The first-order valence-electron chi connectivity index (χ1n) is 5.59. The van der Waals surface area contributed by atoms with Gasteiger partial charge in [0.05, 0.1) is 6.61 Å².